The van der Waals surface area contributed by atoms with Crippen molar-refractivity contribution >= 4 is 12.2 Å². The topological polar surface area (TPSA) is 58.9 Å². The van der Waals surface area contributed by atoms with Crippen LogP contribution in [0.5, 0.6) is 0 Å². The Bertz CT molecular complexity index is 829. The van der Waals surface area contributed by atoms with Crippen molar-refractivity contribution in [2.45, 2.75) is 11.6 Å². The molecule has 0 N–H and O–H groups in total. The van der Waals surface area contributed by atoms with Crippen LogP contribution in [0.1, 0.15) is 16.7 Å². The molecule has 0 saturated carbocycles. The second-order valence-electron chi connectivity index (χ2n) is 5.72. The molecule has 4 heteroatoms. The molecule has 26 heavy (non-hydrogen) atoms. The Morgan fingerprint density at radius 2 is 0.885 bits per heavy atom. The molecule has 0 unspecified atom stereocenters. The van der Waals surface area contributed by atoms with E-state index in [1.807, 2.05) is 91.0 Å². The second kappa shape index (κ2) is 8.00. The largest absolute Gasteiger partial charge is 0.237 e. The molecule has 126 valence electrons. The van der Waals surface area contributed by atoms with Crippen molar-refractivity contribution in [2.75, 3.05) is 0 Å². The Morgan fingerprint density at radius 1 is 0.577 bits per heavy atom. The molecule has 0 aromatic heterocycles. The molecule has 0 aliphatic heterocycles. The molecule has 3 aromatic carbocycles. The number of hydrogen-bond acceptors (Lipinski definition) is 4. The van der Waals surface area contributed by atoms with Crippen LogP contribution in [-0.2, 0) is 15.0 Å². The Morgan fingerprint density at radius 3 is 1.15 bits per heavy atom. The smallest absolute Gasteiger partial charge is 0.211 e. The average molecular weight is 340 g/mol. The highest BCUT2D eigenvalue weighted by atomic mass is 16.1. The standard InChI is InChI=1S/C22H16N2O2/c25-16-23-21(24-17-26)22(18-10-4-1-5-11-18,19-12-6-2-7-13-19)20-14-8-3-9-15-20/h1-15,21H. The van der Waals surface area contributed by atoms with Gasteiger partial charge in [0.1, 0.15) is 0 Å². The number of carbonyl (C=O) groups excluding carboxylic acids is 2. The molecule has 0 fully saturated rings. The minimum Gasteiger partial charge on any atom is -0.211 e. The summed E-state index contributed by atoms with van der Waals surface area (Å²) in [6.07, 6.45) is 2.12. The molecule has 0 heterocycles. The minimum absolute atomic E-state index is 0.861. The first kappa shape index (κ1) is 17.2. The lowest BCUT2D eigenvalue weighted by molar-refractivity contribution is 0.476. The van der Waals surface area contributed by atoms with Crippen LogP contribution >= 0.6 is 0 Å². The Hall–Kier alpha value is -3.58. The van der Waals surface area contributed by atoms with Gasteiger partial charge >= 0.3 is 0 Å². The molecule has 0 radical (unpaired) electrons. The maximum absolute atomic E-state index is 11.1. The van der Waals surface area contributed by atoms with Crippen molar-refractivity contribution in [1.82, 2.24) is 0 Å². The lowest BCUT2D eigenvalue weighted by Gasteiger charge is -2.37. The third kappa shape index (κ3) is 3.03. The number of aliphatic imine (C=N–C) groups is 2. The van der Waals surface area contributed by atoms with E-state index in [9.17, 15) is 9.59 Å². The SMILES string of the molecule is O=C=NC(N=C=O)C(c1ccccc1)(c1ccccc1)c1ccccc1. The average Bonchev–Trinajstić information content (AvgIpc) is 2.71. The van der Waals surface area contributed by atoms with E-state index in [-0.39, 0.29) is 0 Å². The molecular formula is C22H16N2O2. The predicted molar refractivity (Wildman–Crippen MR) is 99.2 cm³/mol. The van der Waals surface area contributed by atoms with Gasteiger partial charge in [0, 0.05) is 0 Å². The Kier molecular flexibility index (Phi) is 5.31. The first-order valence-electron chi connectivity index (χ1n) is 8.14. The number of hydrogen-bond donors (Lipinski definition) is 0. The molecule has 0 spiro atoms. The fourth-order valence-electron chi connectivity index (χ4n) is 3.37. The number of benzene rings is 3. The van der Waals surface area contributed by atoms with Crippen molar-refractivity contribution in [1.29, 1.82) is 0 Å². The molecule has 0 aliphatic rings. The molecular weight excluding hydrogens is 324 g/mol. The normalized spacial score (nSPS) is 11.7. The van der Waals surface area contributed by atoms with E-state index in [0.717, 1.165) is 16.7 Å². The number of rotatable bonds is 6. The Labute approximate surface area is 151 Å². The molecule has 3 rings (SSSR count). The van der Waals surface area contributed by atoms with E-state index in [4.69, 9.17) is 0 Å². The summed E-state index contributed by atoms with van der Waals surface area (Å²) >= 11 is 0. The highest BCUT2D eigenvalue weighted by molar-refractivity contribution is 5.54. The van der Waals surface area contributed by atoms with Gasteiger partial charge in [0.05, 0.1) is 5.41 Å². The molecule has 0 amide bonds. The summed E-state index contributed by atoms with van der Waals surface area (Å²) in [5.41, 5.74) is 1.62. The molecule has 3 aromatic rings. The van der Waals surface area contributed by atoms with Gasteiger partial charge < -0.3 is 0 Å². The molecule has 0 aliphatic carbocycles. The molecule has 0 atom stereocenters. The summed E-state index contributed by atoms with van der Waals surface area (Å²) in [7, 11) is 0. The third-order valence-corrected chi connectivity index (χ3v) is 4.42. The first-order chi connectivity index (χ1) is 12.8. The van der Waals surface area contributed by atoms with E-state index in [1.54, 1.807) is 12.2 Å². The fourth-order valence-corrected chi connectivity index (χ4v) is 3.37. The van der Waals surface area contributed by atoms with Crippen LogP contribution < -0.4 is 0 Å². The van der Waals surface area contributed by atoms with Gasteiger partial charge in [-0.2, -0.15) is 9.98 Å². The minimum atomic E-state index is -1.02. The summed E-state index contributed by atoms with van der Waals surface area (Å²) in [5.74, 6) is 0. The summed E-state index contributed by atoms with van der Waals surface area (Å²) < 4.78 is 0. The Balaban J connectivity index is 2.46. The van der Waals surface area contributed by atoms with Crippen molar-refractivity contribution in [2.24, 2.45) is 9.98 Å². The van der Waals surface area contributed by atoms with Crippen LogP contribution in [0, 0.1) is 0 Å². The molecule has 0 bridgehead atoms. The van der Waals surface area contributed by atoms with Gasteiger partial charge in [-0.15, -0.1) is 0 Å². The van der Waals surface area contributed by atoms with Gasteiger partial charge in [0.2, 0.25) is 12.2 Å². The zero-order chi connectivity index (χ0) is 18.2. The monoisotopic (exact) mass is 340 g/mol. The van der Waals surface area contributed by atoms with E-state index >= 15 is 0 Å². The van der Waals surface area contributed by atoms with Crippen LogP contribution in [-0.4, -0.2) is 18.3 Å². The fraction of sp³-hybridized carbons (Fsp3) is 0.0909. The van der Waals surface area contributed by atoms with E-state index in [2.05, 4.69) is 9.98 Å². The predicted octanol–water partition coefficient (Wildman–Crippen LogP) is 4.02. The second-order valence-corrected chi connectivity index (χ2v) is 5.72. The van der Waals surface area contributed by atoms with Crippen molar-refractivity contribution in [3.8, 4) is 0 Å². The van der Waals surface area contributed by atoms with Crippen LogP contribution in [0.3, 0.4) is 0 Å². The van der Waals surface area contributed by atoms with Gasteiger partial charge in [-0.1, -0.05) is 91.0 Å². The van der Waals surface area contributed by atoms with Crippen LogP contribution in [0.4, 0.5) is 0 Å². The highest BCUT2D eigenvalue weighted by Crippen LogP contribution is 2.43. The van der Waals surface area contributed by atoms with Crippen molar-refractivity contribution in [3.05, 3.63) is 108 Å². The zero-order valence-corrected chi connectivity index (χ0v) is 13.9. The van der Waals surface area contributed by atoms with Gasteiger partial charge in [-0.25, -0.2) is 9.59 Å². The first-order valence-corrected chi connectivity index (χ1v) is 8.14. The number of nitrogens with zero attached hydrogens (tertiary/aromatic N) is 2. The molecule has 0 saturated heterocycles. The van der Waals surface area contributed by atoms with E-state index in [1.165, 1.54) is 0 Å². The summed E-state index contributed by atoms with van der Waals surface area (Å²) in [5, 5.41) is 0. The summed E-state index contributed by atoms with van der Waals surface area (Å²) in [6.45, 7) is 0. The van der Waals surface area contributed by atoms with Gasteiger partial charge in [0.15, 0.2) is 6.17 Å². The molecule has 4 nitrogen and oxygen atoms in total. The van der Waals surface area contributed by atoms with Gasteiger partial charge in [-0.05, 0) is 16.7 Å². The zero-order valence-electron chi connectivity index (χ0n) is 13.9. The summed E-state index contributed by atoms with van der Waals surface area (Å²) in [6, 6.07) is 28.8. The van der Waals surface area contributed by atoms with Gasteiger partial charge in [0.25, 0.3) is 0 Å². The van der Waals surface area contributed by atoms with E-state index < -0.39 is 11.6 Å². The van der Waals surface area contributed by atoms with Crippen molar-refractivity contribution in [3.63, 3.8) is 0 Å². The quantitative estimate of drug-likeness (QED) is 0.386. The third-order valence-electron chi connectivity index (χ3n) is 4.42. The maximum Gasteiger partial charge on any atom is 0.237 e. The van der Waals surface area contributed by atoms with Crippen molar-refractivity contribution < 1.29 is 9.59 Å². The van der Waals surface area contributed by atoms with Crippen LogP contribution in [0.15, 0.2) is 101 Å². The lowest BCUT2D eigenvalue weighted by atomic mass is 9.67. The lowest BCUT2D eigenvalue weighted by Crippen LogP contribution is -2.40. The van der Waals surface area contributed by atoms with E-state index in [0.29, 0.717) is 0 Å². The van der Waals surface area contributed by atoms with Crippen LogP contribution in [0.25, 0.3) is 0 Å². The maximum atomic E-state index is 11.1. The van der Waals surface area contributed by atoms with Crippen LogP contribution in [0.2, 0.25) is 0 Å². The van der Waals surface area contributed by atoms with Gasteiger partial charge in [-0.3, -0.25) is 0 Å². The highest BCUT2D eigenvalue weighted by Gasteiger charge is 2.44. The number of isocyanates is 2. The summed E-state index contributed by atoms with van der Waals surface area (Å²) in [4.78, 5) is 30.1.